The molecule has 0 atom stereocenters. The van der Waals surface area contributed by atoms with Crippen LogP contribution in [0.1, 0.15) is 2.85 Å². The third-order valence-electron chi connectivity index (χ3n) is 0.137. The SMILES string of the molecule is NOP(=O)(O)O.[H-].[H-].[Mg+2]. The summed E-state index contributed by atoms with van der Waals surface area (Å²) >= 11 is 0. The summed E-state index contributed by atoms with van der Waals surface area (Å²) < 4.78 is 12.5. The van der Waals surface area contributed by atoms with Crippen LogP contribution in [0.3, 0.4) is 0 Å². The first-order valence-corrected chi connectivity index (χ1v) is 2.53. The maximum Gasteiger partial charge on any atom is 2.00 e. The molecule has 0 aromatic carbocycles. The summed E-state index contributed by atoms with van der Waals surface area (Å²) in [7, 11) is -4.37. The van der Waals surface area contributed by atoms with Crippen molar-refractivity contribution >= 4 is 30.9 Å². The second-order valence-corrected chi connectivity index (χ2v) is 1.79. The van der Waals surface area contributed by atoms with Gasteiger partial charge in [-0.1, -0.05) is 0 Å². The van der Waals surface area contributed by atoms with E-state index in [9.17, 15) is 4.57 Å². The van der Waals surface area contributed by atoms with E-state index in [4.69, 9.17) is 9.79 Å². The molecule has 0 bridgehead atoms. The summed E-state index contributed by atoms with van der Waals surface area (Å²) in [5, 5.41) is 0. The molecule has 7 heavy (non-hydrogen) atoms. The van der Waals surface area contributed by atoms with E-state index < -0.39 is 7.82 Å². The van der Waals surface area contributed by atoms with Gasteiger partial charge in [0.05, 0.1) is 0 Å². The molecule has 0 aliphatic rings. The summed E-state index contributed by atoms with van der Waals surface area (Å²) in [6, 6.07) is 0. The molecule has 5 nitrogen and oxygen atoms in total. The van der Waals surface area contributed by atoms with Crippen LogP contribution >= 0.6 is 7.82 Å². The van der Waals surface area contributed by atoms with Crippen LogP contribution in [0, 0.1) is 0 Å². The minimum atomic E-state index is -4.37. The summed E-state index contributed by atoms with van der Waals surface area (Å²) in [6.07, 6.45) is 0. The van der Waals surface area contributed by atoms with Crippen molar-refractivity contribution in [1.82, 2.24) is 0 Å². The molecule has 42 valence electrons. The Labute approximate surface area is 59.2 Å². The molecule has 0 saturated carbocycles. The molecule has 0 radical (unpaired) electrons. The topological polar surface area (TPSA) is 92.8 Å². The molecular formula is H6MgNO4P. The Hall–Kier alpha value is 0.836. The molecule has 0 aromatic rings. The first-order valence-electron chi connectivity index (χ1n) is 1.00. The molecule has 0 heterocycles. The van der Waals surface area contributed by atoms with Crippen LogP contribution in [0.25, 0.3) is 0 Å². The molecule has 0 aromatic heterocycles. The Morgan fingerprint density at radius 2 is 1.86 bits per heavy atom. The minimum absolute atomic E-state index is 0. The van der Waals surface area contributed by atoms with E-state index in [0.717, 1.165) is 0 Å². The van der Waals surface area contributed by atoms with Crippen molar-refractivity contribution in [3.8, 4) is 0 Å². The van der Waals surface area contributed by atoms with Gasteiger partial charge in [-0.15, -0.1) is 0 Å². The zero-order chi connectivity index (χ0) is 5.21. The predicted molar refractivity (Wildman–Crippen MR) is 25.3 cm³/mol. The van der Waals surface area contributed by atoms with E-state index in [1.165, 1.54) is 0 Å². The largest absolute Gasteiger partial charge is 2.00 e. The monoisotopic (exact) mass is 139 g/mol. The summed E-state index contributed by atoms with van der Waals surface area (Å²) in [6.45, 7) is 0. The normalized spacial score (nSPS) is 10.1. The smallest absolute Gasteiger partial charge is 1.00 e. The van der Waals surface area contributed by atoms with E-state index >= 15 is 0 Å². The summed E-state index contributed by atoms with van der Waals surface area (Å²) in [5.74, 6) is 4.04. The average molecular weight is 139 g/mol. The Bertz CT molecular complexity index is 82.6. The minimum Gasteiger partial charge on any atom is -1.00 e. The first kappa shape index (κ1) is 10.8. The van der Waals surface area contributed by atoms with Crippen molar-refractivity contribution < 1.29 is 21.8 Å². The third-order valence-corrected chi connectivity index (χ3v) is 0.412. The van der Waals surface area contributed by atoms with Crippen molar-refractivity contribution in [3.63, 3.8) is 0 Å². The van der Waals surface area contributed by atoms with Crippen LogP contribution in [0.5, 0.6) is 0 Å². The van der Waals surface area contributed by atoms with Crippen LogP contribution in [-0.2, 0) is 9.19 Å². The Balaban J connectivity index is -0.0000000417. The van der Waals surface area contributed by atoms with Gasteiger partial charge in [-0.05, 0) is 0 Å². The molecule has 0 rings (SSSR count). The number of nitrogens with two attached hydrogens (primary N) is 1. The number of hydrogen-bond donors (Lipinski definition) is 3. The summed E-state index contributed by atoms with van der Waals surface area (Å²) in [5.41, 5.74) is 0. The molecule has 0 fully saturated rings. The number of hydrogen-bond acceptors (Lipinski definition) is 3. The molecule has 0 spiro atoms. The maximum atomic E-state index is 9.35. The van der Waals surface area contributed by atoms with Crippen LogP contribution in [0.2, 0.25) is 0 Å². The van der Waals surface area contributed by atoms with Crippen molar-refractivity contribution in [2.45, 2.75) is 0 Å². The van der Waals surface area contributed by atoms with E-state index in [-0.39, 0.29) is 25.9 Å². The number of phosphoric acid groups is 1. The van der Waals surface area contributed by atoms with E-state index in [1.54, 1.807) is 0 Å². The first-order chi connectivity index (χ1) is 2.56. The fourth-order valence-electron chi connectivity index (χ4n) is 0. The van der Waals surface area contributed by atoms with Gasteiger partial charge in [-0.2, -0.15) is 0 Å². The Morgan fingerprint density at radius 1 is 1.71 bits per heavy atom. The van der Waals surface area contributed by atoms with Gasteiger partial charge in [0, 0.05) is 0 Å². The standard InChI is InChI=1S/Mg.H4NO4P.2H/c;1-5-6(2,3)4;;/h;1H2,(H2,2,3,4);;/q+2;;2*-1. The zero-order valence-electron chi connectivity index (χ0n) is 5.44. The zero-order valence-corrected chi connectivity index (χ0v) is 5.75. The van der Waals surface area contributed by atoms with Gasteiger partial charge in [-0.25, -0.2) is 15.1 Å². The molecule has 0 amide bonds. The third kappa shape index (κ3) is 10.9. The molecule has 0 unspecified atom stereocenters. The molecule has 0 saturated heterocycles. The van der Waals surface area contributed by atoms with Crippen LogP contribution in [-0.4, -0.2) is 32.8 Å². The fraction of sp³-hybridized carbons (Fsp3) is 0. The van der Waals surface area contributed by atoms with Crippen LogP contribution in [0.15, 0.2) is 0 Å². The molecule has 0 aliphatic heterocycles. The Kier molecular flexibility index (Phi) is 5.82. The van der Waals surface area contributed by atoms with Gasteiger partial charge in [0.1, 0.15) is 0 Å². The van der Waals surface area contributed by atoms with Crippen LogP contribution < -0.4 is 5.90 Å². The maximum absolute atomic E-state index is 9.35. The second kappa shape index (κ2) is 3.79. The van der Waals surface area contributed by atoms with Gasteiger partial charge in [0.25, 0.3) is 0 Å². The van der Waals surface area contributed by atoms with Crippen molar-refractivity contribution in [3.05, 3.63) is 0 Å². The molecule has 4 N–H and O–H groups in total. The second-order valence-electron chi connectivity index (χ2n) is 0.596. The van der Waals surface area contributed by atoms with Gasteiger partial charge in [0.15, 0.2) is 0 Å². The number of rotatable bonds is 1. The van der Waals surface area contributed by atoms with Gasteiger partial charge in [-0.3, -0.25) is 0 Å². The van der Waals surface area contributed by atoms with Gasteiger partial charge >= 0.3 is 30.9 Å². The van der Waals surface area contributed by atoms with Crippen molar-refractivity contribution in [2.24, 2.45) is 5.90 Å². The fourth-order valence-corrected chi connectivity index (χ4v) is 0. The Morgan fingerprint density at radius 3 is 1.86 bits per heavy atom. The molecule has 7 heteroatoms. The van der Waals surface area contributed by atoms with E-state index in [1.807, 2.05) is 0 Å². The predicted octanol–water partition coefficient (Wildman–Crippen LogP) is -1.19. The van der Waals surface area contributed by atoms with Crippen molar-refractivity contribution in [1.29, 1.82) is 0 Å². The van der Waals surface area contributed by atoms with Gasteiger partial charge < -0.3 is 12.6 Å². The molecular weight excluding hydrogens is 133 g/mol. The molecule has 0 aliphatic carbocycles. The quantitative estimate of drug-likeness (QED) is 0.241. The summed E-state index contributed by atoms with van der Waals surface area (Å²) in [4.78, 5) is 15.2. The van der Waals surface area contributed by atoms with Crippen LogP contribution in [0.4, 0.5) is 0 Å². The van der Waals surface area contributed by atoms with Gasteiger partial charge in [0.2, 0.25) is 0 Å². The van der Waals surface area contributed by atoms with E-state index in [0.29, 0.717) is 0 Å². The van der Waals surface area contributed by atoms with E-state index in [2.05, 4.69) is 10.5 Å². The van der Waals surface area contributed by atoms with Crippen molar-refractivity contribution in [2.75, 3.05) is 0 Å². The average Bonchev–Trinajstić information content (AvgIpc) is 1.35.